The van der Waals surface area contributed by atoms with Crippen molar-refractivity contribution in [2.24, 2.45) is 5.92 Å². The normalized spacial score (nSPS) is 13.4. The number of hydrogen-bond donors (Lipinski definition) is 0. The van der Waals surface area contributed by atoms with Crippen LogP contribution in [0.25, 0.3) is 11.0 Å². The fourth-order valence-electron chi connectivity index (χ4n) is 2.49. The van der Waals surface area contributed by atoms with Gasteiger partial charge in [-0.05, 0) is 37.5 Å². The topological polar surface area (TPSA) is 17.8 Å². The van der Waals surface area contributed by atoms with Gasteiger partial charge in [0.25, 0.3) is 0 Å². The van der Waals surface area contributed by atoms with Crippen LogP contribution in [0.5, 0.6) is 0 Å². The Bertz CT molecular complexity index is 548. The van der Waals surface area contributed by atoms with E-state index in [-0.39, 0.29) is 0 Å². The van der Waals surface area contributed by atoms with Crippen LogP contribution < -0.4 is 0 Å². The molecule has 0 fully saturated rings. The Kier molecular flexibility index (Phi) is 4.33. The molecule has 18 heavy (non-hydrogen) atoms. The maximum absolute atomic E-state index is 6.03. The SMILES string of the molecule is CC(C)CC(C)n1c(CCl)nc2ccc(Br)cc21. The van der Waals surface area contributed by atoms with E-state index in [4.69, 9.17) is 11.6 Å². The van der Waals surface area contributed by atoms with Crippen molar-refractivity contribution >= 4 is 38.6 Å². The number of halogens is 2. The summed E-state index contributed by atoms with van der Waals surface area (Å²) in [6.07, 6.45) is 1.13. The molecule has 0 bridgehead atoms. The molecule has 98 valence electrons. The molecule has 1 atom stereocenters. The molecule has 1 aromatic heterocycles. The Balaban J connectivity index is 2.54. The molecular formula is C14H18BrClN2. The van der Waals surface area contributed by atoms with Gasteiger partial charge in [-0.3, -0.25) is 0 Å². The number of imidazole rings is 1. The van der Waals surface area contributed by atoms with E-state index in [1.165, 1.54) is 0 Å². The van der Waals surface area contributed by atoms with Crippen LogP contribution in [-0.4, -0.2) is 9.55 Å². The zero-order chi connectivity index (χ0) is 13.3. The van der Waals surface area contributed by atoms with Crippen molar-refractivity contribution in [1.29, 1.82) is 0 Å². The van der Waals surface area contributed by atoms with Gasteiger partial charge in [-0.1, -0.05) is 29.8 Å². The van der Waals surface area contributed by atoms with E-state index in [0.29, 0.717) is 17.8 Å². The van der Waals surface area contributed by atoms with Crippen molar-refractivity contribution in [3.8, 4) is 0 Å². The smallest absolute Gasteiger partial charge is 0.125 e. The van der Waals surface area contributed by atoms with Crippen molar-refractivity contribution in [2.45, 2.75) is 39.1 Å². The quantitative estimate of drug-likeness (QED) is 0.710. The highest BCUT2D eigenvalue weighted by Crippen LogP contribution is 2.28. The molecular weight excluding hydrogens is 312 g/mol. The second-order valence-corrected chi connectivity index (χ2v) is 6.33. The lowest BCUT2D eigenvalue weighted by molar-refractivity contribution is 0.428. The van der Waals surface area contributed by atoms with Crippen LogP contribution in [0.15, 0.2) is 22.7 Å². The van der Waals surface area contributed by atoms with Crippen molar-refractivity contribution < 1.29 is 0 Å². The number of aromatic nitrogens is 2. The molecule has 0 aliphatic carbocycles. The fourth-order valence-corrected chi connectivity index (χ4v) is 3.03. The van der Waals surface area contributed by atoms with Gasteiger partial charge in [0, 0.05) is 10.5 Å². The molecule has 0 aliphatic heterocycles. The highest BCUT2D eigenvalue weighted by atomic mass is 79.9. The first-order valence-electron chi connectivity index (χ1n) is 6.25. The predicted octanol–water partition coefficient (Wildman–Crippen LogP) is 5.14. The first-order chi connectivity index (χ1) is 8.52. The summed E-state index contributed by atoms with van der Waals surface area (Å²) < 4.78 is 3.35. The summed E-state index contributed by atoms with van der Waals surface area (Å²) in [5.41, 5.74) is 2.18. The molecule has 1 aromatic carbocycles. The van der Waals surface area contributed by atoms with Gasteiger partial charge in [0.15, 0.2) is 0 Å². The van der Waals surface area contributed by atoms with E-state index in [0.717, 1.165) is 27.8 Å². The highest BCUT2D eigenvalue weighted by Gasteiger charge is 2.16. The molecule has 4 heteroatoms. The number of rotatable bonds is 4. The highest BCUT2D eigenvalue weighted by molar-refractivity contribution is 9.10. The lowest BCUT2D eigenvalue weighted by atomic mass is 10.0. The Morgan fingerprint density at radius 3 is 2.67 bits per heavy atom. The summed E-state index contributed by atoms with van der Waals surface area (Å²) in [6.45, 7) is 6.72. The van der Waals surface area contributed by atoms with Gasteiger partial charge in [0.05, 0.1) is 16.9 Å². The zero-order valence-corrected chi connectivity index (χ0v) is 13.3. The Morgan fingerprint density at radius 2 is 2.06 bits per heavy atom. The number of hydrogen-bond acceptors (Lipinski definition) is 1. The summed E-state index contributed by atoms with van der Waals surface area (Å²) >= 11 is 9.55. The van der Waals surface area contributed by atoms with Gasteiger partial charge in [-0.2, -0.15) is 0 Å². The first-order valence-corrected chi connectivity index (χ1v) is 7.58. The van der Waals surface area contributed by atoms with Crippen LogP contribution in [0.2, 0.25) is 0 Å². The van der Waals surface area contributed by atoms with E-state index >= 15 is 0 Å². The molecule has 0 radical (unpaired) electrons. The minimum absolute atomic E-state index is 0.415. The van der Waals surface area contributed by atoms with Crippen molar-refractivity contribution in [3.05, 3.63) is 28.5 Å². The van der Waals surface area contributed by atoms with Gasteiger partial charge < -0.3 is 4.57 Å². The third-order valence-corrected chi connectivity index (χ3v) is 3.83. The molecule has 0 spiro atoms. The molecule has 1 unspecified atom stereocenters. The summed E-state index contributed by atoms with van der Waals surface area (Å²) in [7, 11) is 0. The van der Waals surface area contributed by atoms with Crippen molar-refractivity contribution in [1.82, 2.24) is 9.55 Å². The molecule has 0 aliphatic rings. The van der Waals surface area contributed by atoms with E-state index in [1.807, 2.05) is 12.1 Å². The second kappa shape index (κ2) is 5.62. The summed E-state index contributed by atoms with van der Waals surface area (Å²) in [4.78, 5) is 4.61. The molecule has 2 rings (SSSR count). The fraction of sp³-hybridized carbons (Fsp3) is 0.500. The summed E-state index contributed by atoms with van der Waals surface area (Å²) in [5.74, 6) is 2.07. The van der Waals surface area contributed by atoms with Gasteiger partial charge in [0.2, 0.25) is 0 Å². The third kappa shape index (κ3) is 2.72. The molecule has 0 amide bonds. The van der Waals surface area contributed by atoms with Crippen LogP contribution in [0, 0.1) is 5.92 Å². The monoisotopic (exact) mass is 328 g/mol. The van der Waals surface area contributed by atoms with Gasteiger partial charge in [-0.25, -0.2) is 4.98 Å². The Labute approximate surface area is 121 Å². The molecule has 1 heterocycles. The zero-order valence-electron chi connectivity index (χ0n) is 11.0. The average molecular weight is 330 g/mol. The van der Waals surface area contributed by atoms with Crippen LogP contribution in [0.1, 0.15) is 39.1 Å². The molecule has 2 aromatic rings. The number of alkyl halides is 1. The standard InChI is InChI=1S/C14H18BrClN2/c1-9(2)6-10(3)18-13-7-11(15)4-5-12(13)17-14(18)8-16/h4-5,7,9-10H,6,8H2,1-3H3. The van der Waals surface area contributed by atoms with E-state index < -0.39 is 0 Å². The first kappa shape index (κ1) is 13.9. The van der Waals surface area contributed by atoms with Gasteiger partial charge >= 0.3 is 0 Å². The second-order valence-electron chi connectivity index (χ2n) is 5.14. The van der Waals surface area contributed by atoms with Crippen LogP contribution >= 0.6 is 27.5 Å². The minimum Gasteiger partial charge on any atom is -0.324 e. The van der Waals surface area contributed by atoms with Gasteiger partial charge in [-0.15, -0.1) is 11.6 Å². The van der Waals surface area contributed by atoms with Crippen LogP contribution in [0.4, 0.5) is 0 Å². The van der Waals surface area contributed by atoms with Gasteiger partial charge in [0.1, 0.15) is 5.82 Å². The maximum atomic E-state index is 6.03. The number of fused-ring (bicyclic) bond motifs is 1. The summed E-state index contributed by atoms with van der Waals surface area (Å²) in [6, 6.07) is 6.59. The van der Waals surface area contributed by atoms with Crippen LogP contribution in [0.3, 0.4) is 0 Å². The lowest BCUT2D eigenvalue weighted by Crippen LogP contribution is -2.10. The Hall–Kier alpha value is -0.540. The third-order valence-electron chi connectivity index (χ3n) is 3.10. The molecule has 0 saturated heterocycles. The lowest BCUT2D eigenvalue weighted by Gasteiger charge is -2.19. The van der Waals surface area contributed by atoms with Crippen LogP contribution in [-0.2, 0) is 5.88 Å². The molecule has 0 saturated carbocycles. The molecule has 0 N–H and O–H groups in total. The molecule has 2 nitrogen and oxygen atoms in total. The predicted molar refractivity (Wildman–Crippen MR) is 81.2 cm³/mol. The maximum Gasteiger partial charge on any atom is 0.125 e. The number of benzene rings is 1. The van der Waals surface area contributed by atoms with Crippen molar-refractivity contribution in [2.75, 3.05) is 0 Å². The van der Waals surface area contributed by atoms with E-state index in [9.17, 15) is 0 Å². The van der Waals surface area contributed by atoms with E-state index in [1.54, 1.807) is 0 Å². The minimum atomic E-state index is 0.415. The number of nitrogens with zero attached hydrogens (tertiary/aromatic N) is 2. The largest absolute Gasteiger partial charge is 0.324 e. The Morgan fingerprint density at radius 1 is 1.33 bits per heavy atom. The van der Waals surface area contributed by atoms with E-state index in [2.05, 4.69) is 52.3 Å². The van der Waals surface area contributed by atoms with Crippen molar-refractivity contribution in [3.63, 3.8) is 0 Å². The summed E-state index contributed by atoms with van der Waals surface area (Å²) in [5, 5.41) is 0. The average Bonchev–Trinajstić information content (AvgIpc) is 2.65.